The van der Waals surface area contributed by atoms with Crippen LogP contribution in [0.1, 0.15) is 30.1 Å². The summed E-state index contributed by atoms with van der Waals surface area (Å²) >= 11 is 1.65. The molecular formula is C15H23N4O3S+. The third-order valence-corrected chi connectivity index (χ3v) is 3.81. The zero-order valence-electron chi connectivity index (χ0n) is 13.2. The first-order valence-corrected chi connectivity index (χ1v) is 8.51. The van der Waals surface area contributed by atoms with Gasteiger partial charge >= 0.3 is 0 Å². The molecule has 4 N–H and O–H groups in total. The van der Waals surface area contributed by atoms with E-state index in [2.05, 4.69) is 20.8 Å². The Morgan fingerprint density at radius 3 is 2.70 bits per heavy atom. The fourth-order valence-electron chi connectivity index (χ4n) is 1.59. The topological polar surface area (TPSA) is 106 Å². The highest BCUT2D eigenvalue weighted by Gasteiger charge is 2.05. The quantitative estimate of drug-likeness (QED) is 0.281. The number of nitrogens with zero attached hydrogens (tertiary/aromatic N) is 2. The number of rotatable bonds is 10. The third kappa shape index (κ3) is 8.94. The van der Waals surface area contributed by atoms with Gasteiger partial charge in [-0.05, 0) is 25.5 Å². The Balaban J connectivity index is 2.21. The van der Waals surface area contributed by atoms with Crippen LogP contribution in [0, 0.1) is 0 Å². The highest BCUT2D eigenvalue weighted by atomic mass is 32.2. The van der Waals surface area contributed by atoms with E-state index in [1.807, 2.05) is 0 Å². The molecule has 1 aromatic heterocycles. The van der Waals surface area contributed by atoms with Gasteiger partial charge < -0.3 is 10.4 Å². The van der Waals surface area contributed by atoms with Gasteiger partial charge in [-0.15, -0.1) is 0 Å². The molecule has 0 bridgehead atoms. The van der Waals surface area contributed by atoms with Crippen molar-refractivity contribution in [1.82, 2.24) is 15.7 Å². The Bertz CT molecular complexity index is 523. The van der Waals surface area contributed by atoms with E-state index < -0.39 is 0 Å². The van der Waals surface area contributed by atoms with Crippen LogP contribution in [0.2, 0.25) is 0 Å². The molecule has 0 unspecified atom stereocenters. The standard InChI is InChI=1S/C15H22N4O3S/c1-12(2-3-14(21)17-8-10-23-11-9-20)18-19-15(22)13-4-6-16-7-5-13/h4-7,20H,2-3,8-11H2,1H3,(H,17,21)(H,19,22)/p+1/b18-12+. The number of hydrogen-bond donors (Lipinski definition) is 2. The molecule has 1 heterocycles. The minimum absolute atomic E-state index is 0.0357. The van der Waals surface area contributed by atoms with Crippen molar-refractivity contribution in [2.45, 2.75) is 19.8 Å². The van der Waals surface area contributed by atoms with Crippen LogP contribution in [0.15, 0.2) is 29.6 Å². The van der Waals surface area contributed by atoms with E-state index >= 15 is 0 Å². The molecule has 126 valence electrons. The van der Waals surface area contributed by atoms with E-state index in [1.54, 1.807) is 30.8 Å². The summed E-state index contributed by atoms with van der Waals surface area (Å²) in [4.78, 5) is 27.2. The Hall–Kier alpha value is -1.93. The predicted octanol–water partition coefficient (Wildman–Crippen LogP) is 0.541. The summed E-state index contributed by atoms with van der Waals surface area (Å²) in [5, 5.41) is 13.8. The van der Waals surface area contributed by atoms with Crippen LogP contribution in [0.25, 0.3) is 0 Å². The van der Waals surface area contributed by atoms with Gasteiger partial charge in [-0.3, -0.25) is 14.6 Å². The predicted molar refractivity (Wildman–Crippen MR) is 92.9 cm³/mol. The van der Waals surface area contributed by atoms with Gasteiger partial charge in [0.05, 0.1) is 5.75 Å². The van der Waals surface area contributed by atoms with Crippen LogP contribution < -0.4 is 10.7 Å². The van der Waals surface area contributed by atoms with Crippen molar-refractivity contribution in [1.29, 1.82) is 0 Å². The number of hydrazone groups is 1. The summed E-state index contributed by atoms with van der Waals surface area (Å²) in [6.45, 7) is 2.78. The molecule has 0 saturated carbocycles. The first-order chi connectivity index (χ1) is 11.1. The molecule has 0 saturated heterocycles. The molecule has 0 atom stereocenters. The molecule has 7 nitrogen and oxygen atoms in total. The number of thioether (sulfide) groups is 1. The monoisotopic (exact) mass is 339 g/mol. The van der Waals surface area contributed by atoms with E-state index in [-0.39, 0.29) is 11.8 Å². The van der Waals surface area contributed by atoms with E-state index in [1.165, 1.54) is 12.4 Å². The van der Waals surface area contributed by atoms with Crippen molar-refractivity contribution in [2.75, 3.05) is 24.7 Å². The van der Waals surface area contributed by atoms with Crippen LogP contribution in [-0.4, -0.2) is 52.3 Å². The maximum absolute atomic E-state index is 11.8. The molecule has 1 aromatic rings. The first-order valence-electron chi connectivity index (χ1n) is 7.36. The fraction of sp³-hybridized carbons (Fsp3) is 0.467. The van der Waals surface area contributed by atoms with Gasteiger partial charge in [0.1, 0.15) is 0 Å². The summed E-state index contributed by atoms with van der Waals surface area (Å²) in [6.07, 6.45) is 3.90. The molecular weight excluding hydrogens is 316 g/mol. The molecule has 0 aromatic carbocycles. The van der Waals surface area contributed by atoms with Gasteiger partial charge in [0.15, 0.2) is 6.61 Å². The lowest BCUT2D eigenvalue weighted by atomic mass is 10.2. The maximum Gasteiger partial charge on any atom is 0.271 e. The van der Waals surface area contributed by atoms with Gasteiger partial charge in [0.2, 0.25) is 5.91 Å². The van der Waals surface area contributed by atoms with Gasteiger partial charge in [0.25, 0.3) is 5.91 Å². The molecule has 0 aliphatic rings. The summed E-state index contributed by atoms with van der Waals surface area (Å²) in [5.74, 6) is 1.27. The van der Waals surface area contributed by atoms with Crippen LogP contribution in [0.4, 0.5) is 0 Å². The van der Waals surface area contributed by atoms with Gasteiger partial charge in [0, 0.05) is 42.4 Å². The lowest BCUT2D eigenvalue weighted by Crippen LogP contribution is -2.26. The minimum Gasteiger partial charge on any atom is -0.445 e. The van der Waals surface area contributed by atoms with E-state index in [0.717, 1.165) is 11.5 Å². The van der Waals surface area contributed by atoms with Crippen LogP contribution in [-0.2, 0) is 4.79 Å². The summed E-state index contributed by atoms with van der Waals surface area (Å²) in [7, 11) is 0. The second-order valence-corrected chi connectivity index (χ2v) is 5.96. The fourth-order valence-corrected chi connectivity index (χ4v) is 2.18. The molecule has 0 fully saturated rings. The van der Waals surface area contributed by atoms with Crippen LogP contribution >= 0.6 is 11.8 Å². The van der Waals surface area contributed by atoms with E-state index in [9.17, 15) is 9.59 Å². The number of pyridine rings is 1. The minimum atomic E-state index is -0.303. The summed E-state index contributed by atoms with van der Waals surface area (Å²) < 4.78 is 0. The van der Waals surface area contributed by atoms with Crippen molar-refractivity contribution in [3.05, 3.63) is 30.1 Å². The molecule has 0 radical (unpaired) electrons. The van der Waals surface area contributed by atoms with E-state index in [4.69, 9.17) is 5.11 Å². The average molecular weight is 339 g/mol. The number of hydrogen-bond acceptors (Lipinski definition) is 5. The molecule has 0 aliphatic carbocycles. The zero-order valence-corrected chi connectivity index (χ0v) is 14.0. The normalized spacial score (nSPS) is 11.1. The number of carbonyl (C=O) groups excluding carboxylic acids is 2. The average Bonchev–Trinajstić information content (AvgIpc) is 2.58. The number of amides is 2. The van der Waals surface area contributed by atoms with Gasteiger partial charge in [-0.2, -0.15) is 16.9 Å². The molecule has 23 heavy (non-hydrogen) atoms. The van der Waals surface area contributed by atoms with E-state index in [0.29, 0.717) is 37.3 Å². The number of carbonyl (C=O) groups is 2. The maximum atomic E-state index is 11.8. The molecule has 2 amide bonds. The lowest BCUT2D eigenvalue weighted by Gasteiger charge is -2.05. The Morgan fingerprint density at radius 2 is 2.00 bits per heavy atom. The zero-order chi connectivity index (χ0) is 16.9. The summed E-state index contributed by atoms with van der Waals surface area (Å²) in [5.41, 5.74) is 3.63. The molecule has 0 aliphatic heterocycles. The molecule has 8 heteroatoms. The van der Waals surface area contributed by atoms with Crippen molar-refractivity contribution < 1.29 is 14.7 Å². The molecule has 0 spiro atoms. The smallest absolute Gasteiger partial charge is 0.271 e. The number of nitrogens with one attached hydrogen (secondary N) is 2. The van der Waals surface area contributed by atoms with Crippen molar-refractivity contribution >= 4 is 29.3 Å². The molecule has 1 rings (SSSR count). The van der Waals surface area contributed by atoms with Gasteiger partial charge in [-0.1, -0.05) is 0 Å². The highest BCUT2D eigenvalue weighted by Crippen LogP contribution is 1.98. The first kappa shape index (κ1) is 19.1. The summed E-state index contributed by atoms with van der Waals surface area (Å²) in [6, 6.07) is 3.21. The number of aromatic nitrogens is 1. The highest BCUT2D eigenvalue weighted by molar-refractivity contribution is 7.99. The third-order valence-electron chi connectivity index (χ3n) is 2.82. The SMILES string of the molecule is C/C(CCC(=O)NCCSCC[OH2+])=N\NC(=O)c1ccncc1. The van der Waals surface area contributed by atoms with Crippen molar-refractivity contribution in [3.63, 3.8) is 0 Å². The second kappa shape index (κ2) is 11.6. The Labute approximate surface area is 140 Å². The van der Waals surface area contributed by atoms with Crippen molar-refractivity contribution in [3.8, 4) is 0 Å². The van der Waals surface area contributed by atoms with Crippen LogP contribution in [0.3, 0.4) is 0 Å². The lowest BCUT2D eigenvalue weighted by molar-refractivity contribution is -0.120. The van der Waals surface area contributed by atoms with Gasteiger partial charge in [-0.25, -0.2) is 5.43 Å². The van der Waals surface area contributed by atoms with Crippen molar-refractivity contribution in [2.24, 2.45) is 5.10 Å². The largest absolute Gasteiger partial charge is 0.445 e. The second-order valence-electron chi connectivity index (χ2n) is 4.74. The van der Waals surface area contributed by atoms with Crippen LogP contribution in [0.5, 0.6) is 0 Å². The Morgan fingerprint density at radius 1 is 1.26 bits per heavy atom. The Kier molecular flexibility index (Phi) is 9.65.